The van der Waals surface area contributed by atoms with Gasteiger partial charge in [-0.3, -0.25) is 0 Å². The van der Waals surface area contributed by atoms with E-state index in [9.17, 15) is 4.79 Å². The Morgan fingerprint density at radius 2 is 1.89 bits per heavy atom. The van der Waals surface area contributed by atoms with Crippen molar-refractivity contribution >= 4 is 14.4 Å². The third-order valence-electron chi connectivity index (χ3n) is 4.42. The Kier molecular flexibility index (Phi) is 4.52. The number of carbonyl (C=O) groups is 1. The van der Waals surface area contributed by atoms with Crippen LogP contribution in [0.2, 0.25) is 18.1 Å². The van der Waals surface area contributed by atoms with E-state index in [1.807, 2.05) is 6.92 Å². The molecule has 1 aliphatic rings. The van der Waals surface area contributed by atoms with E-state index in [0.717, 1.165) is 5.57 Å². The van der Waals surface area contributed by atoms with Gasteiger partial charge >= 0.3 is 6.09 Å². The topological polar surface area (TPSA) is 49.8 Å². The van der Waals surface area contributed by atoms with E-state index in [1.54, 1.807) is 0 Å². The molecule has 4 nitrogen and oxygen atoms in total. The SMILES string of the molecule is C=C(C)C1CN(C(=O)O)CC1O[Si](C)(C)C(C)(C)C. The standard InChI is InChI=1S/C14H27NO3Si/c1-10(2)11-8-15(13(16)17)9-12(11)18-19(6,7)14(3,4)5/h11-12H,1,8-9H2,2-7H3,(H,16,17). The Balaban J connectivity index is 2.86. The lowest BCUT2D eigenvalue weighted by molar-refractivity contribution is 0.139. The normalized spacial score (nSPS) is 24.6. The minimum Gasteiger partial charge on any atom is -0.465 e. The molecule has 0 saturated carbocycles. The minimum atomic E-state index is -1.88. The van der Waals surface area contributed by atoms with E-state index in [-0.39, 0.29) is 17.1 Å². The fourth-order valence-electron chi connectivity index (χ4n) is 2.08. The Bertz CT molecular complexity index is 373. The summed E-state index contributed by atoms with van der Waals surface area (Å²) in [7, 11) is -1.88. The summed E-state index contributed by atoms with van der Waals surface area (Å²) in [5, 5.41) is 9.27. The van der Waals surface area contributed by atoms with Crippen molar-refractivity contribution in [3.63, 3.8) is 0 Å². The zero-order valence-corrected chi connectivity index (χ0v) is 14.0. The summed E-state index contributed by atoms with van der Waals surface area (Å²) in [6.45, 7) is 17.9. The maximum Gasteiger partial charge on any atom is 0.407 e. The lowest BCUT2D eigenvalue weighted by atomic mass is 9.99. The van der Waals surface area contributed by atoms with Gasteiger partial charge in [-0.2, -0.15) is 0 Å². The first-order valence-electron chi connectivity index (χ1n) is 6.77. The first-order valence-corrected chi connectivity index (χ1v) is 9.67. The molecule has 0 aromatic carbocycles. The van der Waals surface area contributed by atoms with Crippen LogP contribution >= 0.6 is 0 Å². The van der Waals surface area contributed by atoms with E-state index in [2.05, 4.69) is 40.4 Å². The highest BCUT2D eigenvalue weighted by molar-refractivity contribution is 6.74. The molecular formula is C14H27NO3Si. The first kappa shape index (κ1) is 16.2. The lowest BCUT2D eigenvalue weighted by Gasteiger charge is -2.39. The summed E-state index contributed by atoms with van der Waals surface area (Å²) in [6, 6.07) is 0. The quantitative estimate of drug-likeness (QED) is 0.637. The van der Waals surface area contributed by atoms with Crippen LogP contribution in [-0.4, -0.2) is 43.6 Å². The molecular weight excluding hydrogens is 258 g/mol. The lowest BCUT2D eigenvalue weighted by Crippen LogP contribution is -2.46. The van der Waals surface area contributed by atoms with Crippen molar-refractivity contribution in [3.05, 3.63) is 12.2 Å². The summed E-state index contributed by atoms with van der Waals surface area (Å²) >= 11 is 0. The van der Waals surface area contributed by atoms with Crippen LogP contribution in [0.3, 0.4) is 0 Å². The summed E-state index contributed by atoms with van der Waals surface area (Å²) in [6.07, 6.45) is -0.915. The van der Waals surface area contributed by atoms with Crippen LogP contribution in [0.1, 0.15) is 27.7 Å². The van der Waals surface area contributed by atoms with Gasteiger partial charge in [0.05, 0.1) is 6.10 Å². The zero-order chi connectivity index (χ0) is 15.0. The van der Waals surface area contributed by atoms with Gasteiger partial charge in [0.1, 0.15) is 0 Å². The largest absolute Gasteiger partial charge is 0.465 e. The Morgan fingerprint density at radius 1 is 1.37 bits per heavy atom. The van der Waals surface area contributed by atoms with Gasteiger partial charge in [-0.05, 0) is 25.1 Å². The van der Waals surface area contributed by atoms with Crippen LogP contribution in [0.5, 0.6) is 0 Å². The van der Waals surface area contributed by atoms with Gasteiger partial charge in [-0.1, -0.05) is 32.9 Å². The molecule has 0 spiro atoms. The van der Waals surface area contributed by atoms with E-state index < -0.39 is 14.4 Å². The van der Waals surface area contributed by atoms with E-state index in [1.165, 1.54) is 4.90 Å². The second kappa shape index (κ2) is 5.29. The average molecular weight is 285 g/mol. The first-order chi connectivity index (χ1) is 8.45. The number of hydrogen-bond donors (Lipinski definition) is 1. The molecule has 1 rings (SSSR count). The molecule has 1 aliphatic heterocycles. The fraction of sp³-hybridized carbons (Fsp3) is 0.786. The van der Waals surface area contributed by atoms with E-state index in [4.69, 9.17) is 9.53 Å². The van der Waals surface area contributed by atoms with Gasteiger partial charge in [0.15, 0.2) is 8.32 Å². The van der Waals surface area contributed by atoms with Crippen LogP contribution in [0.15, 0.2) is 12.2 Å². The third-order valence-corrected chi connectivity index (χ3v) is 8.93. The summed E-state index contributed by atoms with van der Waals surface area (Å²) < 4.78 is 6.39. The molecule has 0 aromatic rings. The predicted octanol–water partition coefficient (Wildman–Crippen LogP) is 3.56. The highest BCUT2D eigenvalue weighted by atomic mass is 28.4. The van der Waals surface area contributed by atoms with Crippen molar-refractivity contribution < 1.29 is 14.3 Å². The second-order valence-electron chi connectivity index (χ2n) is 7.06. The second-order valence-corrected chi connectivity index (χ2v) is 11.8. The van der Waals surface area contributed by atoms with Gasteiger partial charge in [0.25, 0.3) is 0 Å². The van der Waals surface area contributed by atoms with Crippen LogP contribution in [0, 0.1) is 5.92 Å². The monoisotopic (exact) mass is 285 g/mol. The number of likely N-dealkylation sites (tertiary alicyclic amines) is 1. The molecule has 2 unspecified atom stereocenters. The Morgan fingerprint density at radius 3 is 2.26 bits per heavy atom. The fourth-order valence-corrected chi connectivity index (χ4v) is 3.43. The Hall–Kier alpha value is -0.813. The van der Waals surface area contributed by atoms with Crippen LogP contribution in [0.25, 0.3) is 0 Å². The van der Waals surface area contributed by atoms with Gasteiger partial charge in [0.2, 0.25) is 0 Å². The van der Waals surface area contributed by atoms with Crippen molar-refractivity contribution in [2.45, 2.75) is 51.9 Å². The minimum absolute atomic E-state index is 0.0468. The van der Waals surface area contributed by atoms with Crippen molar-refractivity contribution in [1.82, 2.24) is 4.90 Å². The number of rotatable bonds is 3. The van der Waals surface area contributed by atoms with E-state index in [0.29, 0.717) is 13.1 Å². The third kappa shape index (κ3) is 3.60. The number of carboxylic acid groups (broad SMARTS) is 1. The van der Waals surface area contributed by atoms with Crippen LogP contribution in [0.4, 0.5) is 4.79 Å². The molecule has 19 heavy (non-hydrogen) atoms. The van der Waals surface area contributed by atoms with Crippen molar-refractivity contribution in [1.29, 1.82) is 0 Å². The molecule has 1 fully saturated rings. The summed E-state index contributed by atoms with van der Waals surface area (Å²) in [5.41, 5.74) is 1.01. The molecule has 5 heteroatoms. The van der Waals surface area contributed by atoms with Gasteiger partial charge < -0.3 is 14.4 Å². The maximum absolute atomic E-state index is 11.1. The molecule has 1 saturated heterocycles. The molecule has 110 valence electrons. The summed E-state index contributed by atoms with van der Waals surface area (Å²) in [5.74, 6) is 0.116. The zero-order valence-electron chi connectivity index (χ0n) is 13.0. The number of nitrogens with zero attached hydrogens (tertiary/aromatic N) is 1. The van der Waals surface area contributed by atoms with Gasteiger partial charge in [0, 0.05) is 19.0 Å². The highest BCUT2D eigenvalue weighted by Gasteiger charge is 2.44. The molecule has 0 aliphatic carbocycles. The van der Waals surface area contributed by atoms with Crippen molar-refractivity contribution in [3.8, 4) is 0 Å². The van der Waals surface area contributed by atoms with Crippen molar-refractivity contribution in [2.24, 2.45) is 5.92 Å². The number of hydrogen-bond acceptors (Lipinski definition) is 2. The van der Waals surface area contributed by atoms with Crippen molar-refractivity contribution in [2.75, 3.05) is 13.1 Å². The predicted molar refractivity (Wildman–Crippen MR) is 80.0 cm³/mol. The molecule has 1 N–H and O–H groups in total. The highest BCUT2D eigenvalue weighted by Crippen LogP contribution is 2.39. The molecule has 2 atom stereocenters. The average Bonchev–Trinajstić information content (AvgIpc) is 2.59. The van der Waals surface area contributed by atoms with E-state index >= 15 is 0 Å². The Labute approximate surface area is 117 Å². The molecule has 0 aromatic heterocycles. The summed E-state index contributed by atoms with van der Waals surface area (Å²) in [4.78, 5) is 12.6. The molecule has 0 bridgehead atoms. The maximum atomic E-state index is 11.1. The van der Waals surface area contributed by atoms with Crippen LogP contribution in [-0.2, 0) is 4.43 Å². The molecule has 1 heterocycles. The molecule has 1 amide bonds. The smallest absolute Gasteiger partial charge is 0.407 e. The number of amides is 1. The van der Waals surface area contributed by atoms with Gasteiger partial charge in [-0.25, -0.2) is 4.79 Å². The molecule has 0 radical (unpaired) electrons. The van der Waals surface area contributed by atoms with Crippen LogP contribution < -0.4 is 0 Å². The van der Waals surface area contributed by atoms with Gasteiger partial charge in [-0.15, -0.1) is 0 Å².